The Kier molecular flexibility index (Phi) is 5.99. The average molecular weight is 473 g/mol. The van der Waals surface area contributed by atoms with Crippen LogP contribution in [0, 0.1) is 11.8 Å². The van der Waals surface area contributed by atoms with Crippen molar-refractivity contribution in [1.82, 2.24) is 20.6 Å². The smallest absolute Gasteiger partial charge is 0.251 e. The van der Waals surface area contributed by atoms with E-state index in [4.69, 9.17) is 4.98 Å². The van der Waals surface area contributed by atoms with Crippen LogP contribution in [-0.2, 0) is 10.2 Å². The van der Waals surface area contributed by atoms with E-state index >= 15 is 0 Å². The van der Waals surface area contributed by atoms with Crippen molar-refractivity contribution in [3.05, 3.63) is 53.5 Å². The van der Waals surface area contributed by atoms with Crippen molar-refractivity contribution in [2.75, 3.05) is 0 Å². The van der Waals surface area contributed by atoms with Gasteiger partial charge in [-0.3, -0.25) is 9.59 Å². The van der Waals surface area contributed by atoms with Crippen molar-refractivity contribution in [2.24, 2.45) is 11.8 Å². The summed E-state index contributed by atoms with van der Waals surface area (Å²) in [4.78, 5) is 34.0. The molecule has 2 unspecified atom stereocenters. The van der Waals surface area contributed by atoms with E-state index in [1.165, 1.54) is 38.5 Å². The number of allylic oxidation sites excluding steroid dienone is 3. The fourth-order valence-corrected chi connectivity index (χ4v) is 6.37. The minimum absolute atomic E-state index is 0.00746. The fourth-order valence-electron chi connectivity index (χ4n) is 6.37. The molecule has 35 heavy (non-hydrogen) atoms. The predicted octanol–water partition coefficient (Wildman–Crippen LogP) is 5.42. The van der Waals surface area contributed by atoms with Crippen molar-refractivity contribution < 1.29 is 9.59 Å². The Bertz CT molecular complexity index is 1180. The molecule has 6 rings (SSSR count). The van der Waals surface area contributed by atoms with Crippen molar-refractivity contribution in [3.8, 4) is 0 Å². The van der Waals surface area contributed by atoms with Gasteiger partial charge in [0.15, 0.2) is 0 Å². The maximum Gasteiger partial charge on any atom is 0.251 e. The summed E-state index contributed by atoms with van der Waals surface area (Å²) in [7, 11) is 0. The van der Waals surface area contributed by atoms with Gasteiger partial charge in [0.2, 0.25) is 5.91 Å². The highest BCUT2D eigenvalue weighted by molar-refractivity contribution is 5.97. The van der Waals surface area contributed by atoms with E-state index in [2.05, 4.69) is 33.8 Å². The molecule has 2 atom stereocenters. The average Bonchev–Trinajstić information content (AvgIpc) is 3.44. The Morgan fingerprint density at radius 3 is 2.57 bits per heavy atom. The zero-order chi connectivity index (χ0) is 23.8. The molecule has 3 fully saturated rings. The molecule has 0 aliphatic heterocycles. The molecule has 0 bridgehead atoms. The Balaban J connectivity index is 1.16. The van der Waals surface area contributed by atoms with Crippen LogP contribution in [0.15, 0.2) is 42.1 Å². The number of aromatic nitrogens is 2. The standard InChI is InChI=1S/C29H36N4O2/c34-26(19-8-3-1-4-9-19)31-23-12-7-15-29(18-21(29)17-23)28-32-24-14-13-20(16-25(24)33-28)27(35)30-22-10-5-2-6-11-22/h7,13-17,19,21-22H,1-6,8-12,18H2,(H,30,35)(H,31,34)(H,32,33). The first-order valence-corrected chi connectivity index (χ1v) is 13.6. The summed E-state index contributed by atoms with van der Waals surface area (Å²) in [6.07, 6.45) is 19.9. The van der Waals surface area contributed by atoms with Crippen LogP contribution in [0.5, 0.6) is 0 Å². The molecule has 184 valence electrons. The van der Waals surface area contributed by atoms with E-state index in [1.807, 2.05) is 18.2 Å². The number of imidazole rings is 1. The molecule has 0 saturated heterocycles. The molecule has 1 aromatic heterocycles. The molecule has 6 nitrogen and oxygen atoms in total. The van der Waals surface area contributed by atoms with Crippen LogP contribution in [0.25, 0.3) is 11.0 Å². The zero-order valence-corrected chi connectivity index (χ0v) is 20.4. The first kappa shape index (κ1) is 22.6. The van der Waals surface area contributed by atoms with E-state index in [9.17, 15) is 9.59 Å². The molecule has 3 saturated carbocycles. The summed E-state index contributed by atoms with van der Waals surface area (Å²) in [6.45, 7) is 0. The van der Waals surface area contributed by atoms with Crippen molar-refractivity contribution in [1.29, 1.82) is 0 Å². The highest BCUT2D eigenvalue weighted by Gasteiger charge is 2.55. The van der Waals surface area contributed by atoms with Crippen LogP contribution < -0.4 is 10.6 Å². The molecule has 4 aliphatic carbocycles. The van der Waals surface area contributed by atoms with Gasteiger partial charge in [-0.15, -0.1) is 0 Å². The highest BCUT2D eigenvalue weighted by Crippen LogP contribution is 2.57. The molecule has 0 spiro atoms. The maximum atomic E-state index is 12.8. The quantitative estimate of drug-likeness (QED) is 0.508. The van der Waals surface area contributed by atoms with Gasteiger partial charge < -0.3 is 15.6 Å². The second kappa shape index (κ2) is 9.29. The van der Waals surface area contributed by atoms with E-state index < -0.39 is 0 Å². The molecule has 2 amide bonds. The monoisotopic (exact) mass is 472 g/mol. The summed E-state index contributed by atoms with van der Waals surface area (Å²) >= 11 is 0. The Hall–Kier alpha value is -2.89. The number of carbonyl (C=O) groups excluding carboxylic acids is 2. The Labute approximate surface area is 207 Å². The lowest BCUT2D eigenvalue weighted by Gasteiger charge is -2.22. The first-order valence-electron chi connectivity index (χ1n) is 13.6. The third kappa shape index (κ3) is 4.55. The van der Waals surface area contributed by atoms with E-state index in [0.29, 0.717) is 17.5 Å². The highest BCUT2D eigenvalue weighted by atomic mass is 16.2. The van der Waals surface area contributed by atoms with Gasteiger partial charge in [-0.25, -0.2) is 4.98 Å². The van der Waals surface area contributed by atoms with Crippen LogP contribution in [0.2, 0.25) is 0 Å². The third-order valence-electron chi connectivity index (χ3n) is 8.60. The number of nitrogens with zero attached hydrogens (tertiary/aromatic N) is 1. The number of aromatic amines is 1. The number of benzene rings is 1. The minimum Gasteiger partial charge on any atom is -0.349 e. The molecular formula is C29H36N4O2. The van der Waals surface area contributed by atoms with Crippen LogP contribution in [0.3, 0.4) is 0 Å². The fraction of sp³-hybridized carbons (Fsp3) is 0.552. The molecule has 1 aromatic carbocycles. The lowest BCUT2D eigenvalue weighted by atomic mass is 9.88. The van der Waals surface area contributed by atoms with Crippen LogP contribution >= 0.6 is 0 Å². The predicted molar refractivity (Wildman–Crippen MR) is 137 cm³/mol. The van der Waals surface area contributed by atoms with E-state index in [-0.39, 0.29) is 23.1 Å². The zero-order valence-electron chi connectivity index (χ0n) is 20.4. The summed E-state index contributed by atoms with van der Waals surface area (Å²) in [6, 6.07) is 6.07. The van der Waals surface area contributed by atoms with Gasteiger partial charge in [0, 0.05) is 29.6 Å². The maximum absolute atomic E-state index is 12.8. The van der Waals surface area contributed by atoms with Gasteiger partial charge in [-0.1, -0.05) is 56.8 Å². The lowest BCUT2D eigenvalue weighted by Crippen LogP contribution is -2.36. The summed E-state index contributed by atoms with van der Waals surface area (Å²) in [5, 5.41) is 6.44. The Morgan fingerprint density at radius 2 is 1.77 bits per heavy atom. The van der Waals surface area contributed by atoms with E-state index in [0.717, 1.165) is 61.1 Å². The number of H-pyrrole nitrogens is 1. The number of hydrogen-bond acceptors (Lipinski definition) is 3. The number of rotatable bonds is 5. The number of fused-ring (bicyclic) bond motifs is 2. The topological polar surface area (TPSA) is 86.9 Å². The minimum atomic E-state index is -0.138. The number of carbonyl (C=O) groups is 2. The van der Waals surface area contributed by atoms with Gasteiger partial charge in [0.1, 0.15) is 5.82 Å². The van der Waals surface area contributed by atoms with Crippen molar-refractivity contribution >= 4 is 22.8 Å². The second-order valence-corrected chi connectivity index (χ2v) is 11.1. The summed E-state index contributed by atoms with van der Waals surface area (Å²) in [5.74, 6) is 1.65. The Morgan fingerprint density at radius 1 is 1.00 bits per heavy atom. The van der Waals surface area contributed by atoms with Gasteiger partial charge >= 0.3 is 0 Å². The number of nitrogens with one attached hydrogen (secondary N) is 3. The first-order chi connectivity index (χ1) is 17.1. The summed E-state index contributed by atoms with van der Waals surface area (Å²) in [5.41, 5.74) is 3.37. The number of amides is 2. The molecule has 4 aliphatic rings. The number of hydrogen-bond donors (Lipinski definition) is 3. The van der Waals surface area contributed by atoms with E-state index in [1.54, 1.807) is 0 Å². The van der Waals surface area contributed by atoms with Gasteiger partial charge in [0.05, 0.1) is 16.4 Å². The molecule has 0 radical (unpaired) electrons. The van der Waals surface area contributed by atoms with Crippen LogP contribution in [-0.4, -0.2) is 27.8 Å². The SMILES string of the molecule is O=C(NC1CCCCC1)c1ccc2nc(C34C=CCC(NC(=O)C5CCCCC5)=CC3C4)[nH]c2c1. The van der Waals surface area contributed by atoms with Crippen LogP contribution in [0.1, 0.15) is 93.2 Å². The molecule has 6 heteroatoms. The van der Waals surface area contributed by atoms with Gasteiger partial charge in [-0.2, -0.15) is 0 Å². The third-order valence-corrected chi connectivity index (χ3v) is 8.60. The molecule has 2 aromatic rings. The van der Waals surface area contributed by atoms with Gasteiger partial charge in [-0.05, 0) is 56.2 Å². The van der Waals surface area contributed by atoms with Crippen molar-refractivity contribution in [3.63, 3.8) is 0 Å². The normalized spacial score (nSPS) is 27.1. The van der Waals surface area contributed by atoms with Gasteiger partial charge in [0.25, 0.3) is 5.91 Å². The van der Waals surface area contributed by atoms with Crippen molar-refractivity contribution in [2.45, 2.75) is 88.5 Å². The molecule has 3 N–H and O–H groups in total. The van der Waals surface area contributed by atoms with Crippen LogP contribution in [0.4, 0.5) is 0 Å². The largest absolute Gasteiger partial charge is 0.349 e. The molecule has 1 heterocycles. The molecular weight excluding hydrogens is 436 g/mol. The lowest BCUT2D eigenvalue weighted by molar-refractivity contribution is -0.125. The summed E-state index contributed by atoms with van der Waals surface area (Å²) < 4.78 is 0. The second-order valence-electron chi connectivity index (χ2n) is 11.1.